The molecule has 0 radical (unpaired) electrons. The maximum atomic E-state index is 13.9. The Bertz CT molecular complexity index is 486. The first kappa shape index (κ1) is 14.4. The lowest BCUT2D eigenvalue weighted by atomic mass is 10.0. The van der Waals surface area contributed by atoms with Crippen LogP contribution in [0.25, 0.3) is 0 Å². The third-order valence-corrected chi connectivity index (χ3v) is 4.74. The molecule has 2 heterocycles. The number of piperazine rings is 1. The third kappa shape index (κ3) is 2.88. The van der Waals surface area contributed by atoms with Crippen molar-refractivity contribution in [2.24, 2.45) is 0 Å². The van der Waals surface area contributed by atoms with Crippen molar-refractivity contribution in [3.63, 3.8) is 0 Å². The number of likely N-dealkylation sites (tertiary alicyclic amines) is 1. The molecule has 0 bridgehead atoms. The number of hydrogen-bond acceptors (Lipinski definition) is 3. The molecule has 0 unspecified atom stereocenters. The summed E-state index contributed by atoms with van der Waals surface area (Å²) in [7, 11) is 0. The highest BCUT2D eigenvalue weighted by atomic mass is 79.9. The molecule has 1 N–H and O–H groups in total. The van der Waals surface area contributed by atoms with Gasteiger partial charge in [0.25, 0.3) is 0 Å². The number of halogens is 3. The fourth-order valence-electron chi connectivity index (χ4n) is 2.89. The summed E-state index contributed by atoms with van der Waals surface area (Å²) < 4.78 is 27.9. The summed E-state index contributed by atoms with van der Waals surface area (Å²) in [6.45, 7) is 6.34. The minimum absolute atomic E-state index is 0.165. The molecule has 3 nitrogen and oxygen atoms in total. The van der Waals surface area contributed by atoms with Crippen LogP contribution in [0.15, 0.2) is 16.6 Å². The van der Waals surface area contributed by atoms with Gasteiger partial charge < -0.3 is 5.32 Å². The van der Waals surface area contributed by atoms with E-state index in [9.17, 15) is 8.78 Å². The highest BCUT2D eigenvalue weighted by Gasteiger charge is 2.33. The molecule has 0 amide bonds. The maximum absolute atomic E-state index is 13.9. The van der Waals surface area contributed by atoms with Gasteiger partial charge in [-0.2, -0.15) is 0 Å². The van der Waals surface area contributed by atoms with E-state index in [1.54, 1.807) is 0 Å². The molecule has 2 fully saturated rings. The predicted molar refractivity (Wildman–Crippen MR) is 77.6 cm³/mol. The fraction of sp³-hybridized carbons (Fsp3) is 0.571. The summed E-state index contributed by atoms with van der Waals surface area (Å²) in [5, 5.41) is 3.33. The first-order chi connectivity index (χ1) is 9.65. The summed E-state index contributed by atoms with van der Waals surface area (Å²) >= 11 is 3.11. The maximum Gasteiger partial charge on any atom is 0.144 e. The van der Waals surface area contributed by atoms with Gasteiger partial charge in [-0.1, -0.05) is 0 Å². The van der Waals surface area contributed by atoms with Crippen LogP contribution in [0.5, 0.6) is 0 Å². The lowest BCUT2D eigenvalue weighted by Gasteiger charge is -2.46. The molecule has 0 atom stereocenters. The van der Waals surface area contributed by atoms with Gasteiger partial charge in [0.2, 0.25) is 0 Å². The molecule has 2 aliphatic rings. The van der Waals surface area contributed by atoms with Crippen LogP contribution in [-0.2, 0) is 6.54 Å². The van der Waals surface area contributed by atoms with E-state index in [1.807, 2.05) is 0 Å². The average molecular weight is 346 g/mol. The second-order valence-electron chi connectivity index (χ2n) is 5.46. The van der Waals surface area contributed by atoms with Crippen LogP contribution in [0.1, 0.15) is 5.56 Å². The van der Waals surface area contributed by atoms with Gasteiger partial charge in [-0.05, 0) is 28.1 Å². The normalized spacial score (nSPS) is 21.9. The Balaban J connectivity index is 1.57. The molecule has 6 heteroatoms. The molecule has 1 aromatic carbocycles. The van der Waals surface area contributed by atoms with Crippen LogP contribution in [0.4, 0.5) is 8.78 Å². The SMILES string of the molecule is Fc1ccc(Br)c(F)c1CN1CC(N2CCNCC2)C1. The molecule has 0 spiro atoms. The molecular weight excluding hydrogens is 328 g/mol. The van der Waals surface area contributed by atoms with E-state index in [1.165, 1.54) is 12.1 Å². The number of nitrogens with zero attached hydrogens (tertiary/aromatic N) is 2. The quantitative estimate of drug-likeness (QED) is 0.843. The van der Waals surface area contributed by atoms with Crippen LogP contribution in [0, 0.1) is 11.6 Å². The minimum Gasteiger partial charge on any atom is -0.314 e. The van der Waals surface area contributed by atoms with E-state index >= 15 is 0 Å². The fourth-order valence-corrected chi connectivity index (χ4v) is 3.26. The van der Waals surface area contributed by atoms with Crippen LogP contribution in [-0.4, -0.2) is 55.1 Å². The molecule has 1 aromatic rings. The molecule has 3 rings (SSSR count). The van der Waals surface area contributed by atoms with Gasteiger partial charge in [0.05, 0.1) is 4.47 Å². The van der Waals surface area contributed by atoms with Crippen LogP contribution in [0.2, 0.25) is 0 Å². The van der Waals surface area contributed by atoms with Gasteiger partial charge in [0.15, 0.2) is 0 Å². The van der Waals surface area contributed by atoms with E-state index < -0.39 is 11.6 Å². The van der Waals surface area contributed by atoms with Gasteiger partial charge in [-0.25, -0.2) is 8.78 Å². The summed E-state index contributed by atoms with van der Waals surface area (Å²) in [5.74, 6) is -0.938. The van der Waals surface area contributed by atoms with E-state index in [-0.39, 0.29) is 5.56 Å². The van der Waals surface area contributed by atoms with E-state index in [2.05, 4.69) is 31.0 Å². The number of nitrogens with one attached hydrogen (secondary N) is 1. The topological polar surface area (TPSA) is 18.5 Å². The standard InChI is InChI=1S/C14H18BrF2N3/c15-12-1-2-13(16)11(14(12)17)9-19-7-10(8-19)20-5-3-18-4-6-20/h1-2,10,18H,3-9H2. The van der Waals surface area contributed by atoms with Crippen molar-refractivity contribution in [1.82, 2.24) is 15.1 Å². The molecule has 20 heavy (non-hydrogen) atoms. The van der Waals surface area contributed by atoms with Gasteiger partial charge in [-0.15, -0.1) is 0 Å². The number of hydrogen-bond donors (Lipinski definition) is 1. The Morgan fingerprint density at radius 2 is 1.90 bits per heavy atom. The molecule has 0 aliphatic carbocycles. The Kier molecular flexibility index (Phi) is 4.35. The van der Waals surface area contributed by atoms with Crippen molar-refractivity contribution >= 4 is 15.9 Å². The van der Waals surface area contributed by atoms with Crippen molar-refractivity contribution in [1.29, 1.82) is 0 Å². The van der Waals surface area contributed by atoms with Gasteiger partial charge >= 0.3 is 0 Å². The molecule has 2 saturated heterocycles. The smallest absolute Gasteiger partial charge is 0.144 e. The second kappa shape index (κ2) is 6.05. The molecule has 0 aromatic heterocycles. The zero-order chi connectivity index (χ0) is 14.1. The van der Waals surface area contributed by atoms with Crippen molar-refractivity contribution < 1.29 is 8.78 Å². The summed E-state index contributed by atoms with van der Waals surface area (Å²) in [4.78, 5) is 4.56. The van der Waals surface area contributed by atoms with Crippen molar-refractivity contribution in [2.75, 3.05) is 39.3 Å². The predicted octanol–water partition coefficient (Wildman–Crippen LogP) is 1.82. The Morgan fingerprint density at radius 1 is 1.20 bits per heavy atom. The molecular formula is C14H18BrF2N3. The lowest BCUT2D eigenvalue weighted by Crippen LogP contribution is -2.62. The molecule has 2 aliphatic heterocycles. The summed E-state index contributed by atoms with van der Waals surface area (Å²) in [6.07, 6.45) is 0. The molecule has 110 valence electrons. The van der Waals surface area contributed by atoms with Crippen molar-refractivity contribution in [3.8, 4) is 0 Å². The first-order valence-electron chi connectivity index (χ1n) is 6.94. The first-order valence-corrected chi connectivity index (χ1v) is 7.74. The van der Waals surface area contributed by atoms with E-state index in [0.717, 1.165) is 39.3 Å². The van der Waals surface area contributed by atoms with Crippen LogP contribution >= 0.6 is 15.9 Å². The Morgan fingerprint density at radius 3 is 2.60 bits per heavy atom. The van der Waals surface area contributed by atoms with Crippen LogP contribution < -0.4 is 5.32 Å². The van der Waals surface area contributed by atoms with Gasteiger partial charge in [0.1, 0.15) is 11.6 Å². The molecule has 0 saturated carbocycles. The van der Waals surface area contributed by atoms with E-state index in [0.29, 0.717) is 17.1 Å². The minimum atomic E-state index is -0.476. The van der Waals surface area contributed by atoms with E-state index in [4.69, 9.17) is 0 Å². The van der Waals surface area contributed by atoms with Gasteiger partial charge in [0, 0.05) is 57.4 Å². The monoisotopic (exact) mass is 345 g/mol. The highest BCUT2D eigenvalue weighted by Crippen LogP contribution is 2.25. The number of benzene rings is 1. The third-order valence-electron chi connectivity index (χ3n) is 4.13. The number of rotatable bonds is 3. The summed E-state index contributed by atoms with van der Waals surface area (Å²) in [6, 6.07) is 3.26. The largest absolute Gasteiger partial charge is 0.314 e. The highest BCUT2D eigenvalue weighted by molar-refractivity contribution is 9.10. The Labute approximate surface area is 126 Å². The zero-order valence-electron chi connectivity index (χ0n) is 11.2. The Hall–Kier alpha value is -0.560. The lowest BCUT2D eigenvalue weighted by molar-refractivity contribution is 0.0210. The zero-order valence-corrected chi connectivity index (χ0v) is 12.8. The van der Waals surface area contributed by atoms with Crippen LogP contribution in [0.3, 0.4) is 0 Å². The summed E-state index contributed by atoms with van der Waals surface area (Å²) in [5.41, 5.74) is 0.165. The van der Waals surface area contributed by atoms with Crippen molar-refractivity contribution in [2.45, 2.75) is 12.6 Å². The average Bonchev–Trinajstić information content (AvgIpc) is 2.42. The second-order valence-corrected chi connectivity index (χ2v) is 6.31. The van der Waals surface area contributed by atoms with Gasteiger partial charge in [-0.3, -0.25) is 9.80 Å². The van der Waals surface area contributed by atoms with Crippen molar-refractivity contribution in [3.05, 3.63) is 33.8 Å².